The lowest BCUT2D eigenvalue weighted by atomic mass is 10.0. The first-order valence-electron chi connectivity index (χ1n) is 6.66. The van der Waals surface area contributed by atoms with Crippen LogP contribution < -0.4 is 14.8 Å². The molecule has 106 valence electrons. The van der Waals surface area contributed by atoms with E-state index in [1.807, 2.05) is 36.4 Å². The maximum Gasteiger partial charge on any atom is 0.142 e. The molecule has 0 amide bonds. The minimum absolute atomic E-state index is 0.00190. The van der Waals surface area contributed by atoms with Crippen molar-refractivity contribution in [3.8, 4) is 11.5 Å². The molecule has 1 unspecified atom stereocenters. The van der Waals surface area contributed by atoms with Gasteiger partial charge in [-0.05, 0) is 36.4 Å². The number of hydrogen-bond donors (Lipinski definition) is 1. The van der Waals surface area contributed by atoms with Crippen LogP contribution >= 0.6 is 0 Å². The topological polar surface area (TPSA) is 43.4 Å². The summed E-state index contributed by atoms with van der Waals surface area (Å²) in [5, 5.41) is 3.44. The standard InChI is InChI=1S/C16H20N2O2/c1-4-17-15(12-7-9-13(19-2)10-8-12)16-14(20-3)6-5-11-18-16/h5-11,15,17H,4H2,1-3H3. The van der Waals surface area contributed by atoms with Gasteiger partial charge in [-0.1, -0.05) is 19.1 Å². The smallest absolute Gasteiger partial charge is 0.142 e. The van der Waals surface area contributed by atoms with Crippen molar-refractivity contribution in [3.63, 3.8) is 0 Å². The lowest BCUT2D eigenvalue weighted by Gasteiger charge is -2.20. The van der Waals surface area contributed by atoms with Gasteiger partial charge in [-0.3, -0.25) is 4.98 Å². The number of nitrogens with zero attached hydrogens (tertiary/aromatic N) is 1. The summed E-state index contributed by atoms with van der Waals surface area (Å²) in [6.07, 6.45) is 1.78. The van der Waals surface area contributed by atoms with E-state index in [9.17, 15) is 0 Å². The van der Waals surface area contributed by atoms with Crippen molar-refractivity contribution in [3.05, 3.63) is 53.9 Å². The fourth-order valence-electron chi connectivity index (χ4n) is 2.17. The summed E-state index contributed by atoms with van der Waals surface area (Å²) in [6, 6.07) is 11.8. The van der Waals surface area contributed by atoms with Crippen molar-refractivity contribution < 1.29 is 9.47 Å². The SMILES string of the molecule is CCNC(c1ccc(OC)cc1)c1ncccc1OC. The van der Waals surface area contributed by atoms with Crippen LogP contribution in [0.15, 0.2) is 42.6 Å². The number of methoxy groups -OCH3 is 2. The van der Waals surface area contributed by atoms with Gasteiger partial charge in [0.2, 0.25) is 0 Å². The molecule has 4 nitrogen and oxygen atoms in total. The number of pyridine rings is 1. The average Bonchev–Trinajstić information content (AvgIpc) is 2.53. The molecule has 0 aliphatic rings. The van der Waals surface area contributed by atoms with E-state index in [0.29, 0.717) is 0 Å². The molecule has 20 heavy (non-hydrogen) atoms. The molecule has 0 aliphatic carbocycles. The molecule has 1 atom stereocenters. The first-order chi connectivity index (χ1) is 9.80. The Kier molecular flexibility index (Phi) is 4.96. The number of aromatic nitrogens is 1. The van der Waals surface area contributed by atoms with Crippen LogP contribution in [0.2, 0.25) is 0 Å². The minimum Gasteiger partial charge on any atom is -0.497 e. The van der Waals surface area contributed by atoms with Gasteiger partial charge >= 0.3 is 0 Å². The van der Waals surface area contributed by atoms with Crippen LogP contribution in [0.3, 0.4) is 0 Å². The number of rotatable bonds is 6. The molecule has 0 bridgehead atoms. The van der Waals surface area contributed by atoms with E-state index < -0.39 is 0 Å². The average molecular weight is 272 g/mol. The second kappa shape index (κ2) is 6.91. The molecule has 0 radical (unpaired) electrons. The zero-order valence-electron chi connectivity index (χ0n) is 12.1. The Labute approximate surface area is 119 Å². The highest BCUT2D eigenvalue weighted by atomic mass is 16.5. The molecule has 1 heterocycles. The summed E-state index contributed by atoms with van der Waals surface area (Å²) < 4.78 is 10.6. The molecular weight excluding hydrogens is 252 g/mol. The Morgan fingerprint density at radius 2 is 1.85 bits per heavy atom. The van der Waals surface area contributed by atoms with Crippen molar-refractivity contribution in [2.75, 3.05) is 20.8 Å². The van der Waals surface area contributed by atoms with Gasteiger partial charge < -0.3 is 14.8 Å². The van der Waals surface area contributed by atoms with E-state index in [1.165, 1.54) is 0 Å². The maximum absolute atomic E-state index is 5.41. The molecule has 1 N–H and O–H groups in total. The van der Waals surface area contributed by atoms with Gasteiger partial charge in [0.25, 0.3) is 0 Å². The van der Waals surface area contributed by atoms with Gasteiger partial charge in [0.15, 0.2) is 0 Å². The van der Waals surface area contributed by atoms with E-state index >= 15 is 0 Å². The second-order valence-electron chi connectivity index (χ2n) is 4.35. The summed E-state index contributed by atoms with van der Waals surface area (Å²) in [5.74, 6) is 1.63. The Bertz CT molecular complexity index is 540. The van der Waals surface area contributed by atoms with Crippen LogP contribution in [0.4, 0.5) is 0 Å². The van der Waals surface area contributed by atoms with Crippen molar-refractivity contribution in [1.82, 2.24) is 10.3 Å². The molecule has 0 aliphatic heterocycles. The Morgan fingerprint density at radius 1 is 1.10 bits per heavy atom. The van der Waals surface area contributed by atoms with Crippen molar-refractivity contribution in [2.24, 2.45) is 0 Å². The zero-order valence-corrected chi connectivity index (χ0v) is 12.1. The third-order valence-corrected chi connectivity index (χ3v) is 3.15. The van der Waals surface area contributed by atoms with E-state index in [1.54, 1.807) is 20.4 Å². The quantitative estimate of drug-likeness (QED) is 0.878. The van der Waals surface area contributed by atoms with Gasteiger partial charge in [-0.15, -0.1) is 0 Å². The molecule has 0 spiro atoms. The van der Waals surface area contributed by atoms with Crippen LogP contribution in [0, 0.1) is 0 Å². The summed E-state index contributed by atoms with van der Waals surface area (Å²) in [7, 11) is 3.33. The molecule has 0 fully saturated rings. The molecule has 4 heteroatoms. The van der Waals surface area contributed by atoms with Crippen LogP contribution in [-0.4, -0.2) is 25.7 Å². The fraction of sp³-hybridized carbons (Fsp3) is 0.312. The number of nitrogens with one attached hydrogen (secondary N) is 1. The molecule has 2 aromatic rings. The Balaban J connectivity index is 2.39. The highest BCUT2D eigenvalue weighted by molar-refractivity contribution is 5.38. The maximum atomic E-state index is 5.41. The van der Waals surface area contributed by atoms with E-state index in [2.05, 4.69) is 17.2 Å². The van der Waals surface area contributed by atoms with E-state index in [0.717, 1.165) is 29.3 Å². The number of hydrogen-bond acceptors (Lipinski definition) is 4. The Hall–Kier alpha value is -2.07. The second-order valence-corrected chi connectivity index (χ2v) is 4.35. The van der Waals surface area contributed by atoms with Crippen LogP contribution in [0.1, 0.15) is 24.2 Å². The Morgan fingerprint density at radius 3 is 2.45 bits per heavy atom. The van der Waals surface area contributed by atoms with Crippen LogP contribution in [0.25, 0.3) is 0 Å². The van der Waals surface area contributed by atoms with Gasteiger partial charge in [0.1, 0.15) is 17.2 Å². The number of ether oxygens (including phenoxy) is 2. The van der Waals surface area contributed by atoms with E-state index in [4.69, 9.17) is 9.47 Å². The van der Waals surface area contributed by atoms with E-state index in [-0.39, 0.29) is 6.04 Å². The third kappa shape index (κ3) is 3.08. The molecule has 0 saturated carbocycles. The van der Waals surface area contributed by atoms with Crippen LogP contribution in [-0.2, 0) is 0 Å². The largest absolute Gasteiger partial charge is 0.497 e. The van der Waals surface area contributed by atoms with Crippen molar-refractivity contribution >= 4 is 0 Å². The summed E-state index contributed by atoms with van der Waals surface area (Å²) in [6.45, 7) is 2.92. The van der Waals surface area contributed by atoms with Crippen molar-refractivity contribution in [2.45, 2.75) is 13.0 Å². The predicted octanol–water partition coefficient (Wildman–Crippen LogP) is 2.80. The van der Waals surface area contributed by atoms with Crippen molar-refractivity contribution in [1.29, 1.82) is 0 Å². The molecule has 1 aromatic carbocycles. The van der Waals surface area contributed by atoms with Gasteiger partial charge in [-0.2, -0.15) is 0 Å². The lowest BCUT2D eigenvalue weighted by molar-refractivity contribution is 0.400. The molecular formula is C16H20N2O2. The van der Waals surface area contributed by atoms with Gasteiger partial charge in [0.05, 0.1) is 20.3 Å². The van der Waals surface area contributed by atoms with Crippen LogP contribution in [0.5, 0.6) is 11.5 Å². The minimum atomic E-state index is 0.00190. The zero-order chi connectivity index (χ0) is 14.4. The third-order valence-electron chi connectivity index (χ3n) is 3.15. The highest BCUT2D eigenvalue weighted by Crippen LogP contribution is 2.28. The van der Waals surface area contributed by atoms with Gasteiger partial charge in [-0.25, -0.2) is 0 Å². The molecule has 1 aromatic heterocycles. The normalized spacial score (nSPS) is 11.9. The lowest BCUT2D eigenvalue weighted by Crippen LogP contribution is -2.23. The molecule has 0 saturated heterocycles. The first-order valence-corrected chi connectivity index (χ1v) is 6.66. The highest BCUT2D eigenvalue weighted by Gasteiger charge is 2.18. The summed E-state index contributed by atoms with van der Waals surface area (Å²) in [5.41, 5.74) is 2.02. The number of benzene rings is 1. The van der Waals surface area contributed by atoms with Gasteiger partial charge in [0, 0.05) is 6.20 Å². The molecule has 2 rings (SSSR count). The monoisotopic (exact) mass is 272 g/mol. The predicted molar refractivity (Wildman–Crippen MR) is 79.3 cm³/mol. The fourth-order valence-corrected chi connectivity index (χ4v) is 2.17. The summed E-state index contributed by atoms with van der Waals surface area (Å²) >= 11 is 0. The first kappa shape index (κ1) is 14.3. The summed E-state index contributed by atoms with van der Waals surface area (Å²) in [4.78, 5) is 4.47.